The quantitative estimate of drug-likeness (QED) is 0.757. The molecule has 0 atom stereocenters. The highest BCUT2D eigenvalue weighted by Crippen LogP contribution is 2.13. The molecule has 2 rings (SSSR count). The molecule has 2 aromatic rings. The van der Waals surface area contributed by atoms with Gasteiger partial charge in [0.05, 0.1) is 0 Å². The van der Waals surface area contributed by atoms with Gasteiger partial charge in [-0.1, -0.05) is 0 Å². The molecule has 2 heterocycles. The molecule has 2 aromatic heterocycles. The Morgan fingerprint density at radius 1 is 1.53 bits per heavy atom. The number of aromatic nitrogens is 2. The van der Waals surface area contributed by atoms with Crippen molar-refractivity contribution in [2.75, 3.05) is 5.88 Å². The largest absolute Gasteiger partial charge is 0.269 e. The molecule has 0 unspecified atom stereocenters. The number of hydrogen-bond donors (Lipinski definition) is 0. The van der Waals surface area contributed by atoms with Crippen molar-refractivity contribution in [3.8, 4) is 0 Å². The van der Waals surface area contributed by atoms with E-state index in [2.05, 4.69) is 4.98 Å². The number of rotatable bonds is 2. The lowest BCUT2D eigenvalue weighted by atomic mass is 10.2. The second-order valence-corrected chi connectivity index (χ2v) is 4.63. The van der Waals surface area contributed by atoms with Crippen LogP contribution in [0.4, 0.5) is 0 Å². The molecule has 0 saturated heterocycles. The predicted octanol–water partition coefficient (Wildman–Crippen LogP) is 2.15. The van der Waals surface area contributed by atoms with Gasteiger partial charge in [0.1, 0.15) is 0 Å². The molecule has 15 heavy (non-hydrogen) atoms. The van der Waals surface area contributed by atoms with Crippen molar-refractivity contribution in [2.45, 2.75) is 20.3 Å². The first-order chi connectivity index (χ1) is 7.15. The van der Waals surface area contributed by atoms with Gasteiger partial charge in [-0.2, -0.15) is 0 Å². The lowest BCUT2D eigenvalue weighted by Crippen LogP contribution is -2.21. The third-order valence-electron chi connectivity index (χ3n) is 2.38. The van der Waals surface area contributed by atoms with Gasteiger partial charge < -0.3 is 0 Å². The van der Waals surface area contributed by atoms with Crippen LogP contribution in [0.2, 0.25) is 0 Å². The molecule has 0 aliphatic heterocycles. The van der Waals surface area contributed by atoms with Gasteiger partial charge in [-0.3, -0.25) is 9.20 Å². The second kappa shape index (κ2) is 3.94. The van der Waals surface area contributed by atoms with Crippen LogP contribution in [0, 0.1) is 13.8 Å². The summed E-state index contributed by atoms with van der Waals surface area (Å²) in [5, 5.41) is 1.94. The smallest absolute Gasteiger partial charge is 0.262 e. The number of fused-ring (bicyclic) bond motifs is 1. The third-order valence-corrected chi connectivity index (χ3v) is 3.52. The number of halogens is 1. The summed E-state index contributed by atoms with van der Waals surface area (Å²) in [4.78, 5) is 17.2. The van der Waals surface area contributed by atoms with E-state index in [0.717, 1.165) is 21.9 Å². The van der Waals surface area contributed by atoms with E-state index in [1.54, 1.807) is 4.40 Å². The fourth-order valence-corrected chi connectivity index (χ4v) is 2.69. The number of nitrogens with zero attached hydrogens (tertiary/aromatic N) is 2. The third kappa shape index (κ3) is 1.68. The summed E-state index contributed by atoms with van der Waals surface area (Å²) in [7, 11) is 0. The zero-order chi connectivity index (χ0) is 11.0. The number of hydrogen-bond acceptors (Lipinski definition) is 3. The zero-order valence-corrected chi connectivity index (χ0v) is 10.2. The molecule has 0 bridgehead atoms. The summed E-state index contributed by atoms with van der Waals surface area (Å²) in [5.74, 6) is 0.451. The molecular formula is C10H11ClN2OS. The monoisotopic (exact) mass is 242 g/mol. The molecule has 80 valence electrons. The maximum Gasteiger partial charge on any atom is 0.262 e. The Morgan fingerprint density at radius 3 is 2.93 bits per heavy atom. The van der Waals surface area contributed by atoms with E-state index in [1.807, 2.05) is 19.2 Å². The molecule has 0 radical (unpaired) electrons. The van der Waals surface area contributed by atoms with E-state index in [0.29, 0.717) is 12.3 Å². The van der Waals surface area contributed by atoms with Crippen molar-refractivity contribution in [3.05, 3.63) is 32.7 Å². The Morgan fingerprint density at radius 2 is 2.27 bits per heavy atom. The molecule has 0 saturated carbocycles. The molecule has 3 nitrogen and oxygen atoms in total. The highest BCUT2D eigenvalue weighted by Gasteiger charge is 2.11. The molecule has 0 N–H and O–H groups in total. The van der Waals surface area contributed by atoms with Crippen LogP contribution in [0.3, 0.4) is 0 Å². The van der Waals surface area contributed by atoms with Gasteiger partial charge in [-0.25, -0.2) is 4.98 Å². The van der Waals surface area contributed by atoms with Crippen LogP contribution < -0.4 is 5.56 Å². The fourth-order valence-electron chi connectivity index (χ4n) is 1.60. The van der Waals surface area contributed by atoms with Gasteiger partial charge in [0.25, 0.3) is 5.56 Å². The maximum atomic E-state index is 12.1. The average Bonchev–Trinajstić information content (AvgIpc) is 2.54. The van der Waals surface area contributed by atoms with Crippen LogP contribution in [0.5, 0.6) is 0 Å². The van der Waals surface area contributed by atoms with Crippen molar-refractivity contribution < 1.29 is 0 Å². The molecule has 5 heteroatoms. The Hall–Kier alpha value is -0.870. The molecule has 0 aromatic carbocycles. The van der Waals surface area contributed by atoms with Gasteiger partial charge in [0.15, 0.2) is 4.96 Å². The van der Waals surface area contributed by atoms with E-state index >= 15 is 0 Å². The van der Waals surface area contributed by atoms with Gasteiger partial charge in [-0.05, 0) is 20.3 Å². The molecule has 0 fully saturated rings. The first kappa shape index (κ1) is 10.6. The van der Waals surface area contributed by atoms with Crippen molar-refractivity contribution in [1.82, 2.24) is 9.38 Å². The Labute approximate surface area is 96.3 Å². The van der Waals surface area contributed by atoms with Crippen LogP contribution >= 0.6 is 22.9 Å². The van der Waals surface area contributed by atoms with Gasteiger partial charge in [0.2, 0.25) is 0 Å². The van der Waals surface area contributed by atoms with Crippen molar-refractivity contribution in [3.63, 3.8) is 0 Å². The minimum atomic E-state index is 0.0249. The minimum Gasteiger partial charge on any atom is -0.269 e. The van der Waals surface area contributed by atoms with E-state index < -0.39 is 0 Å². The van der Waals surface area contributed by atoms with Crippen LogP contribution in [0.1, 0.15) is 17.0 Å². The summed E-state index contributed by atoms with van der Waals surface area (Å²) in [5.41, 5.74) is 2.48. The summed E-state index contributed by atoms with van der Waals surface area (Å²) in [6.07, 6.45) is 0.581. The Bertz CT molecular complexity index is 558. The van der Waals surface area contributed by atoms with E-state index in [-0.39, 0.29) is 5.56 Å². The van der Waals surface area contributed by atoms with Crippen LogP contribution in [-0.2, 0) is 6.42 Å². The van der Waals surface area contributed by atoms with Crippen LogP contribution in [0.15, 0.2) is 10.2 Å². The normalized spacial score (nSPS) is 11.1. The van der Waals surface area contributed by atoms with Crippen molar-refractivity contribution in [2.24, 2.45) is 0 Å². The highest BCUT2D eigenvalue weighted by atomic mass is 35.5. The predicted molar refractivity (Wildman–Crippen MR) is 63.2 cm³/mol. The molecular weight excluding hydrogens is 232 g/mol. The van der Waals surface area contributed by atoms with E-state index in [1.165, 1.54) is 11.3 Å². The molecule has 0 aliphatic carbocycles. The first-order valence-electron chi connectivity index (χ1n) is 4.67. The Kier molecular flexibility index (Phi) is 2.80. The number of thiazole rings is 1. The molecule has 0 amide bonds. The topological polar surface area (TPSA) is 34.4 Å². The first-order valence-corrected chi connectivity index (χ1v) is 6.09. The van der Waals surface area contributed by atoms with Crippen molar-refractivity contribution in [1.29, 1.82) is 0 Å². The maximum absolute atomic E-state index is 12.1. The second-order valence-electron chi connectivity index (χ2n) is 3.41. The van der Waals surface area contributed by atoms with Gasteiger partial charge >= 0.3 is 0 Å². The fraction of sp³-hybridized carbons (Fsp3) is 0.400. The Balaban J connectivity index is 2.81. The number of alkyl halides is 1. The lowest BCUT2D eigenvalue weighted by molar-refractivity contribution is 0.932. The lowest BCUT2D eigenvalue weighted by Gasteiger charge is -2.03. The summed E-state index contributed by atoms with van der Waals surface area (Å²) in [6, 6.07) is 0. The molecule has 0 spiro atoms. The summed E-state index contributed by atoms with van der Waals surface area (Å²) >= 11 is 7.16. The van der Waals surface area contributed by atoms with E-state index in [9.17, 15) is 4.79 Å². The summed E-state index contributed by atoms with van der Waals surface area (Å²) in [6.45, 7) is 3.77. The molecule has 0 aliphatic rings. The average molecular weight is 243 g/mol. The van der Waals surface area contributed by atoms with Crippen molar-refractivity contribution >= 4 is 27.9 Å². The highest BCUT2D eigenvalue weighted by molar-refractivity contribution is 7.15. The zero-order valence-electron chi connectivity index (χ0n) is 8.58. The standard InChI is InChI=1S/C10H11ClN2OS/c1-6-5-15-10-12-7(2)8(3-4-11)9(14)13(6)10/h5H,3-4H2,1-2H3. The van der Waals surface area contributed by atoms with E-state index in [4.69, 9.17) is 11.6 Å². The van der Waals surface area contributed by atoms with Gasteiger partial charge in [0, 0.05) is 28.2 Å². The van der Waals surface area contributed by atoms with Crippen LogP contribution in [-0.4, -0.2) is 15.3 Å². The van der Waals surface area contributed by atoms with Crippen LogP contribution in [0.25, 0.3) is 4.96 Å². The number of aryl methyl sites for hydroxylation is 2. The summed E-state index contributed by atoms with van der Waals surface area (Å²) < 4.78 is 1.65. The SMILES string of the molecule is Cc1nc2scc(C)n2c(=O)c1CCCl. The minimum absolute atomic E-state index is 0.0249. The van der Waals surface area contributed by atoms with Gasteiger partial charge in [-0.15, -0.1) is 22.9 Å².